The van der Waals surface area contributed by atoms with Crippen LogP contribution in [-0.2, 0) is 6.54 Å². The fraction of sp³-hybridized carbons (Fsp3) is 0.733. The highest BCUT2D eigenvalue weighted by Gasteiger charge is 2.23. The van der Waals surface area contributed by atoms with Gasteiger partial charge >= 0.3 is 0 Å². The first-order valence-corrected chi connectivity index (χ1v) is 8.05. The lowest BCUT2D eigenvalue weighted by molar-refractivity contribution is 0.225. The van der Waals surface area contributed by atoms with Crippen molar-refractivity contribution in [3.63, 3.8) is 0 Å². The van der Waals surface area contributed by atoms with Gasteiger partial charge in [-0.3, -0.25) is 0 Å². The molecular weight excluding hydrogens is 240 g/mol. The Kier molecular flexibility index (Phi) is 5.67. The molecule has 0 radical (unpaired) electrons. The van der Waals surface area contributed by atoms with E-state index < -0.39 is 0 Å². The third-order valence-corrected chi connectivity index (χ3v) is 4.94. The molecule has 102 valence electrons. The van der Waals surface area contributed by atoms with Gasteiger partial charge in [0.2, 0.25) is 0 Å². The summed E-state index contributed by atoms with van der Waals surface area (Å²) in [7, 11) is 4.39. The smallest absolute Gasteiger partial charge is 0.0324 e. The largest absolute Gasteiger partial charge is 0.317 e. The van der Waals surface area contributed by atoms with Crippen molar-refractivity contribution in [1.29, 1.82) is 0 Å². The quantitative estimate of drug-likeness (QED) is 0.822. The molecule has 1 fully saturated rings. The molecule has 0 amide bonds. The van der Waals surface area contributed by atoms with E-state index in [2.05, 4.69) is 41.8 Å². The molecule has 2 atom stereocenters. The molecule has 1 aliphatic rings. The number of hydrogen-bond donors (Lipinski definition) is 1. The van der Waals surface area contributed by atoms with Gasteiger partial charge in [-0.2, -0.15) is 0 Å². The summed E-state index contributed by atoms with van der Waals surface area (Å²) in [5.74, 6) is 0.822. The van der Waals surface area contributed by atoms with Crippen molar-refractivity contribution in [1.82, 2.24) is 10.2 Å². The molecule has 1 aliphatic carbocycles. The molecular formula is C15H26N2S. The predicted molar refractivity (Wildman–Crippen MR) is 80.1 cm³/mol. The zero-order chi connectivity index (χ0) is 12.8. The summed E-state index contributed by atoms with van der Waals surface area (Å²) in [5, 5.41) is 5.71. The number of nitrogens with zero attached hydrogens (tertiary/aromatic N) is 1. The minimum absolute atomic E-state index is 0.721. The summed E-state index contributed by atoms with van der Waals surface area (Å²) in [6, 6.07) is 5.11. The highest BCUT2D eigenvalue weighted by atomic mass is 32.1. The van der Waals surface area contributed by atoms with Gasteiger partial charge in [0.15, 0.2) is 0 Å². The maximum Gasteiger partial charge on any atom is 0.0324 e. The first-order chi connectivity index (χ1) is 8.79. The SMILES string of the molecule is CNC1CCCCCC1CN(C)Cc1cccs1. The van der Waals surface area contributed by atoms with Crippen molar-refractivity contribution in [2.45, 2.75) is 44.7 Å². The van der Waals surface area contributed by atoms with E-state index in [1.54, 1.807) is 0 Å². The Bertz CT molecular complexity index is 323. The van der Waals surface area contributed by atoms with Crippen LogP contribution >= 0.6 is 11.3 Å². The molecule has 0 bridgehead atoms. The maximum atomic E-state index is 3.53. The summed E-state index contributed by atoms with van der Waals surface area (Å²) in [5.41, 5.74) is 0. The second kappa shape index (κ2) is 7.27. The Morgan fingerprint density at radius 3 is 2.89 bits per heavy atom. The molecule has 0 spiro atoms. The van der Waals surface area contributed by atoms with Crippen LogP contribution in [0, 0.1) is 5.92 Å². The standard InChI is InChI=1S/C15H26N2S/c1-16-15-9-5-3-4-7-13(15)11-17(2)12-14-8-6-10-18-14/h6,8,10,13,15-16H,3-5,7,9,11-12H2,1-2H3. The first-order valence-electron chi connectivity index (χ1n) is 7.18. The average molecular weight is 266 g/mol. The molecule has 2 nitrogen and oxygen atoms in total. The zero-order valence-corrected chi connectivity index (χ0v) is 12.5. The van der Waals surface area contributed by atoms with Gasteiger partial charge in [-0.05, 0) is 44.3 Å². The van der Waals surface area contributed by atoms with E-state index in [4.69, 9.17) is 0 Å². The van der Waals surface area contributed by atoms with E-state index in [0.717, 1.165) is 18.5 Å². The molecule has 2 rings (SSSR count). The molecule has 1 N–H and O–H groups in total. The lowest BCUT2D eigenvalue weighted by atomic mass is 9.94. The lowest BCUT2D eigenvalue weighted by Gasteiger charge is -2.29. The minimum Gasteiger partial charge on any atom is -0.317 e. The van der Waals surface area contributed by atoms with Crippen LogP contribution in [0.4, 0.5) is 0 Å². The van der Waals surface area contributed by atoms with E-state index in [0.29, 0.717) is 0 Å². The second-order valence-electron chi connectivity index (χ2n) is 5.57. The molecule has 0 aromatic carbocycles. The van der Waals surface area contributed by atoms with E-state index in [1.165, 1.54) is 43.5 Å². The summed E-state index contributed by atoms with van der Waals surface area (Å²) < 4.78 is 0. The van der Waals surface area contributed by atoms with E-state index in [1.807, 2.05) is 11.3 Å². The van der Waals surface area contributed by atoms with Gasteiger partial charge in [0.05, 0.1) is 0 Å². The summed E-state index contributed by atoms with van der Waals surface area (Å²) in [4.78, 5) is 3.97. The normalized spacial score (nSPS) is 25.3. The molecule has 0 aliphatic heterocycles. The Morgan fingerprint density at radius 1 is 1.33 bits per heavy atom. The molecule has 1 aromatic rings. The van der Waals surface area contributed by atoms with Gasteiger partial charge in [-0.25, -0.2) is 0 Å². The summed E-state index contributed by atoms with van der Waals surface area (Å²) >= 11 is 1.87. The van der Waals surface area contributed by atoms with Gasteiger partial charge in [0.25, 0.3) is 0 Å². The Hall–Kier alpha value is -0.380. The average Bonchev–Trinajstić information content (AvgIpc) is 2.75. The van der Waals surface area contributed by atoms with Gasteiger partial charge in [0, 0.05) is 24.0 Å². The van der Waals surface area contributed by atoms with Crippen molar-refractivity contribution < 1.29 is 0 Å². The predicted octanol–water partition coefficient (Wildman–Crippen LogP) is 3.35. The minimum atomic E-state index is 0.721. The van der Waals surface area contributed by atoms with Crippen LogP contribution in [0.25, 0.3) is 0 Å². The van der Waals surface area contributed by atoms with E-state index in [9.17, 15) is 0 Å². The topological polar surface area (TPSA) is 15.3 Å². The van der Waals surface area contributed by atoms with Gasteiger partial charge in [0.1, 0.15) is 0 Å². The number of hydrogen-bond acceptors (Lipinski definition) is 3. The summed E-state index contributed by atoms with van der Waals surface area (Å²) in [6.07, 6.45) is 6.98. The third-order valence-electron chi connectivity index (χ3n) is 4.08. The molecule has 2 unspecified atom stereocenters. The number of rotatable bonds is 5. The Labute approximate surface area is 115 Å². The van der Waals surface area contributed by atoms with Crippen LogP contribution in [0.1, 0.15) is 37.0 Å². The maximum absolute atomic E-state index is 3.53. The third kappa shape index (κ3) is 4.08. The van der Waals surface area contributed by atoms with Crippen molar-refractivity contribution >= 4 is 11.3 Å². The lowest BCUT2D eigenvalue weighted by Crippen LogP contribution is -2.39. The molecule has 0 saturated heterocycles. The fourth-order valence-corrected chi connectivity index (χ4v) is 3.90. The van der Waals surface area contributed by atoms with Gasteiger partial charge < -0.3 is 10.2 Å². The van der Waals surface area contributed by atoms with Crippen molar-refractivity contribution in [3.05, 3.63) is 22.4 Å². The monoisotopic (exact) mass is 266 g/mol. The van der Waals surface area contributed by atoms with Crippen molar-refractivity contribution in [3.8, 4) is 0 Å². The van der Waals surface area contributed by atoms with Gasteiger partial charge in [-0.1, -0.05) is 25.3 Å². The molecule has 1 heterocycles. The molecule has 18 heavy (non-hydrogen) atoms. The Morgan fingerprint density at radius 2 is 2.17 bits per heavy atom. The van der Waals surface area contributed by atoms with E-state index >= 15 is 0 Å². The highest BCUT2D eigenvalue weighted by Crippen LogP contribution is 2.24. The van der Waals surface area contributed by atoms with Crippen molar-refractivity contribution in [2.24, 2.45) is 5.92 Å². The van der Waals surface area contributed by atoms with Crippen LogP contribution in [0.2, 0.25) is 0 Å². The van der Waals surface area contributed by atoms with Gasteiger partial charge in [-0.15, -0.1) is 11.3 Å². The van der Waals surface area contributed by atoms with Crippen LogP contribution in [0.15, 0.2) is 17.5 Å². The number of nitrogens with one attached hydrogen (secondary N) is 1. The summed E-state index contributed by atoms with van der Waals surface area (Å²) in [6.45, 7) is 2.33. The highest BCUT2D eigenvalue weighted by molar-refractivity contribution is 7.09. The fourth-order valence-electron chi connectivity index (χ4n) is 3.12. The van der Waals surface area contributed by atoms with Crippen LogP contribution in [-0.4, -0.2) is 31.6 Å². The number of thiophene rings is 1. The Balaban J connectivity index is 1.85. The van der Waals surface area contributed by atoms with Crippen LogP contribution in [0.5, 0.6) is 0 Å². The first kappa shape index (κ1) is 14.0. The molecule has 3 heteroatoms. The molecule has 1 aromatic heterocycles. The van der Waals surface area contributed by atoms with E-state index in [-0.39, 0.29) is 0 Å². The van der Waals surface area contributed by atoms with Crippen LogP contribution in [0.3, 0.4) is 0 Å². The molecule has 1 saturated carbocycles. The zero-order valence-electron chi connectivity index (χ0n) is 11.7. The second-order valence-corrected chi connectivity index (χ2v) is 6.60. The van der Waals surface area contributed by atoms with Crippen molar-refractivity contribution in [2.75, 3.05) is 20.6 Å². The van der Waals surface area contributed by atoms with Crippen LogP contribution < -0.4 is 5.32 Å².